The number of rotatable bonds is 8. The molecule has 0 saturated carbocycles. The minimum absolute atomic E-state index is 0.0109. The van der Waals surface area contributed by atoms with Crippen molar-refractivity contribution >= 4 is 36.5 Å². The van der Waals surface area contributed by atoms with Crippen molar-refractivity contribution in [2.75, 3.05) is 0 Å². The van der Waals surface area contributed by atoms with Gasteiger partial charge in [-0.3, -0.25) is 18.9 Å². The first-order valence-corrected chi connectivity index (χ1v) is 10.5. The van der Waals surface area contributed by atoms with Gasteiger partial charge in [0.2, 0.25) is 0 Å². The van der Waals surface area contributed by atoms with Crippen LogP contribution in [0, 0.1) is 6.92 Å². The molecule has 0 spiro atoms. The van der Waals surface area contributed by atoms with Gasteiger partial charge in [0.05, 0.1) is 16.5 Å². The summed E-state index contributed by atoms with van der Waals surface area (Å²) in [5.74, 6) is -4.34. The molecule has 0 aliphatic carbocycles. The fraction of sp³-hybridized carbons (Fsp3) is 0.150. The van der Waals surface area contributed by atoms with Crippen molar-refractivity contribution in [1.29, 1.82) is 0 Å². The van der Waals surface area contributed by atoms with E-state index in [1.54, 1.807) is 23.6 Å². The number of hydrogen-bond acceptors (Lipinski definition) is 5. The van der Waals surface area contributed by atoms with E-state index in [9.17, 15) is 28.7 Å². The van der Waals surface area contributed by atoms with Crippen molar-refractivity contribution in [3.8, 4) is 5.75 Å². The lowest BCUT2D eigenvalue weighted by Crippen LogP contribution is -2.24. The number of ether oxygens (including phenoxy) is 1. The van der Waals surface area contributed by atoms with E-state index in [-0.39, 0.29) is 23.0 Å². The molecular weight excluding hydrogens is 411 g/mol. The molecule has 0 aliphatic rings. The molecular formula is C20H19N2O7P. The van der Waals surface area contributed by atoms with E-state index in [2.05, 4.69) is 0 Å². The molecule has 10 heteroatoms. The molecule has 1 atom stereocenters. The molecule has 1 amide bonds. The summed E-state index contributed by atoms with van der Waals surface area (Å²) in [7, 11) is -4.91. The first-order valence-electron chi connectivity index (χ1n) is 8.82. The number of hydrogen-bond donors (Lipinski definition) is 3. The second-order valence-corrected chi connectivity index (χ2v) is 8.30. The maximum atomic E-state index is 12.6. The van der Waals surface area contributed by atoms with Gasteiger partial charge >= 0.3 is 7.60 Å². The summed E-state index contributed by atoms with van der Waals surface area (Å²) in [4.78, 5) is 54.1. The normalized spacial score (nSPS) is 12.5. The van der Waals surface area contributed by atoms with Gasteiger partial charge in [-0.05, 0) is 24.6 Å². The second-order valence-electron chi connectivity index (χ2n) is 6.61. The minimum atomic E-state index is -4.91. The van der Waals surface area contributed by atoms with Crippen LogP contribution in [0.15, 0.2) is 48.5 Å². The minimum Gasteiger partial charge on any atom is -0.469 e. The van der Waals surface area contributed by atoms with Gasteiger partial charge in [-0.25, -0.2) is 0 Å². The molecule has 1 aromatic heterocycles. The zero-order valence-corrected chi connectivity index (χ0v) is 16.8. The van der Waals surface area contributed by atoms with E-state index in [4.69, 9.17) is 10.5 Å². The predicted molar refractivity (Wildman–Crippen MR) is 108 cm³/mol. The highest BCUT2D eigenvalue weighted by Crippen LogP contribution is 2.43. The maximum absolute atomic E-state index is 12.6. The van der Waals surface area contributed by atoms with Crippen molar-refractivity contribution < 1.29 is 33.5 Å². The highest BCUT2D eigenvalue weighted by Gasteiger charge is 2.33. The number of amides is 1. The van der Waals surface area contributed by atoms with E-state index in [0.717, 1.165) is 5.56 Å². The van der Waals surface area contributed by atoms with Crippen LogP contribution < -0.4 is 10.5 Å². The van der Waals surface area contributed by atoms with Crippen molar-refractivity contribution in [3.63, 3.8) is 0 Å². The molecule has 3 aromatic rings. The zero-order valence-electron chi connectivity index (χ0n) is 15.9. The van der Waals surface area contributed by atoms with E-state index in [0.29, 0.717) is 17.8 Å². The number of nitrogens with zero attached hydrogens (tertiary/aromatic N) is 1. The van der Waals surface area contributed by atoms with Gasteiger partial charge < -0.3 is 24.8 Å². The molecule has 9 nitrogen and oxygen atoms in total. The Morgan fingerprint density at radius 3 is 2.40 bits per heavy atom. The first kappa shape index (κ1) is 21.4. The van der Waals surface area contributed by atoms with E-state index >= 15 is 0 Å². The third kappa shape index (κ3) is 4.04. The summed E-state index contributed by atoms with van der Waals surface area (Å²) in [5, 5.41) is 0.148. The van der Waals surface area contributed by atoms with E-state index in [1.807, 2.05) is 30.3 Å². The SMILES string of the molecule is Cc1c(C(=O)C(N)=O)c2c(OC(C=O)P(=O)(O)O)cccc2n1Cc1ccccc1. The lowest BCUT2D eigenvalue weighted by atomic mass is 10.1. The lowest BCUT2D eigenvalue weighted by molar-refractivity contribution is -0.114. The average Bonchev–Trinajstić information content (AvgIpc) is 2.97. The summed E-state index contributed by atoms with van der Waals surface area (Å²) in [5.41, 5.74) is 7.00. The Kier molecular flexibility index (Phi) is 5.89. The lowest BCUT2D eigenvalue weighted by Gasteiger charge is -2.16. The van der Waals surface area contributed by atoms with Crippen LogP contribution in [0.5, 0.6) is 5.75 Å². The number of primary amides is 1. The standard InChI is InChI=1S/C20H19N2O7P/c1-12-17(19(24)20(21)25)18-14(22(12)10-13-6-3-2-4-7-13)8-5-9-15(18)29-16(11-23)30(26,27)28/h2-9,11,16H,10H2,1H3,(H2,21,25)(H2,26,27,28). The Labute approximate surface area is 171 Å². The number of aldehydes is 1. The molecule has 0 aliphatic heterocycles. The smallest absolute Gasteiger partial charge is 0.373 e. The molecule has 3 rings (SSSR count). The van der Waals surface area contributed by atoms with Gasteiger partial charge in [0.25, 0.3) is 17.5 Å². The molecule has 2 aromatic carbocycles. The summed E-state index contributed by atoms with van der Waals surface area (Å²) < 4.78 is 18.6. The molecule has 0 radical (unpaired) electrons. The van der Waals surface area contributed by atoms with Crippen LogP contribution in [0.1, 0.15) is 21.6 Å². The van der Waals surface area contributed by atoms with Crippen LogP contribution in [0.4, 0.5) is 0 Å². The van der Waals surface area contributed by atoms with Crippen molar-refractivity contribution in [1.82, 2.24) is 4.57 Å². The molecule has 1 heterocycles. The second kappa shape index (κ2) is 8.23. The quantitative estimate of drug-likeness (QED) is 0.213. The fourth-order valence-corrected chi connectivity index (χ4v) is 3.68. The number of carbonyl (C=O) groups excluding carboxylic acids is 3. The fourth-order valence-electron chi connectivity index (χ4n) is 3.27. The molecule has 1 unspecified atom stereocenters. The van der Waals surface area contributed by atoms with Crippen LogP contribution >= 0.6 is 7.60 Å². The van der Waals surface area contributed by atoms with Crippen LogP contribution in [0.3, 0.4) is 0 Å². The van der Waals surface area contributed by atoms with Crippen molar-refractivity contribution in [3.05, 3.63) is 65.4 Å². The summed E-state index contributed by atoms with van der Waals surface area (Å²) in [6.07, 6.45) is -0.0109. The van der Waals surface area contributed by atoms with Gasteiger partial charge in [0, 0.05) is 12.2 Å². The highest BCUT2D eigenvalue weighted by molar-refractivity contribution is 7.53. The number of carbonyl (C=O) groups is 3. The Hall–Kier alpha value is -3.26. The Bertz CT molecular complexity index is 1180. The third-order valence-corrected chi connectivity index (χ3v) is 5.53. The Balaban J connectivity index is 2.26. The monoisotopic (exact) mass is 430 g/mol. The van der Waals surface area contributed by atoms with Crippen LogP contribution in [-0.4, -0.2) is 38.2 Å². The van der Waals surface area contributed by atoms with Gasteiger partial charge in [0.15, 0.2) is 6.29 Å². The van der Waals surface area contributed by atoms with Gasteiger partial charge in [-0.15, -0.1) is 0 Å². The topological polar surface area (TPSA) is 149 Å². The number of benzene rings is 2. The number of ketones is 1. The van der Waals surface area contributed by atoms with Crippen molar-refractivity contribution in [2.45, 2.75) is 19.3 Å². The molecule has 4 N–H and O–H groups in total. The average molecular weight is 430 g/mol. The molecule has 0 fully saturated rings. The van der Waals surface area contributed by atoms with Gasteiger partial charge in [0.1, 0.15) is 5.75 Å². The van der Waals surface area contributed by atoms with Crippen LogP contribution in [-0.2, 0) is 20.7 Å². The number of Topliss-reactive ketones (excluding diaryl/α,β-unsaturated/α-hetero) is 1. The van der Waals surface area contributed by atoms with E-state index < -0.39 is 25.1 Å². The highest BCUT2D eigenvalue weighted by atomic mass is 31.2. The Morgan fingerprint density at radius 1 is 1.17 bits per heavy atom. The Morgan fingerprint density at radius 2 is 1.83 bits per heavy atom. The summed E-state index contributed by atoms with van der Waals surface area (Å²) in [6, 6.07) is 13.9. The largest absolute Gasteiger partial charge is 0.469 e. The number of nitrogens with two attached hydrogens (primary N) is 1. The van der Waals surface area contributed by atoms with E-state index in [1.165, 1.54) is 6.07 Å². The third-order valence-electron chi connectivity index (χ3n) is 4.64. The zero-order chi connectivity index (χ0) is 22.1. The number of aromatic nitrogens is 1. The molecule has 30 heavy (non-hydrogen) atoms. The first-order chi connectivity index (χ1) is 14.1. The molecule has 0 saturated heterocycles. The van der Waals surface area contributed by atoms with Crippen molar-refractivity contribution in [2.24, 2.45) is 5.73 Å². The molecule has 0 bridgehead atoms. The predicted octanol–water partition coefficient (Wildman–Crippen LogP) is 1.75. The number of fused-ring (bicyclic) bond motifs is 1. The maximum Gasteiger partial charge on any atom is 0.373 e. The van der Waals surface area contributed by atoms with Gasteiger partial charge in [-0.1, -0.05) is 36.4 Å². The van der Waals surface area contributed by atoms with Crippen LogP contribution in [0.2, 0.25) is 0 Å². The summed E-state index contributed by atoms with van der Waals surface area (Å²) >= 11 is 0. The van der Waals surface area contributed by atoms with Gasteiger partial charge in [-0.2, -0.15) is 0 Å². The molecule has 156 valence electrons. The van der Waals surface area contributed by atoms with Crippen LogP contribution in [0.25, 0.3) is 10.9 Å². The summed E-state index contributed by atoms with van der Waals surface area (Å²) in [6.45, 7) is 1.98.